The van der Waals surface area contributed by atoms with Crippen LogP contribution in [0, 0.1) is 0 Å². The zero-order chi connectivity index (χ0) is 12.5. The molecular formula is C12H10BrF2NO. The number of rotatable bonds is 3. The fourth-order valence-corrected chi connectivity index (χ4v) is 2.61. The molecule has 0 saturated heterocycles. The molecule has 2 rings (SSSR count). The molecule has 1 aromatic carbocycles. The third-order valence-electron chi connectivity index (χ3n) is 3.21. The summed E-state index contributed by atoms with van der Waals surface area (Å²) in [6, 6.07) is 4.62. The molecule has 0 heterocycles. The lowest BCUT2D eigenvalue weighted by Gasteiger charge is -2.37. The van der Waals surface area contributed by atoms with Crippen LogP contribution in [0.25, 0.3) is 0 Å². The van der Waals surface area contributed by atoms with Gasteiger partial charge in [0.25, 0.3) is 6.43 Å². The van der Waals surface area contributed by atoms with E-state index in [4.69, 9.17) is 0 Å². The van der Waals surface area contributed by atoms with E-state index in [0.717, 1.165) is 24.8 Å². The van der Waals surface area contributed by atoms with Crippen molar-refractivity contribution in [2.45, 2.75) is 31.2 Å². The highest BCUT2D eigenvalue weighted by Crippen LogP contribution is 2.46. The summed E-state index contributed by atoms with van der Waals surface area (Å²) in [6.45, 7) is 0. The van der Waals surface area contributed by atoms with Gasteiger partial charge in [0.2, 0.25) is 6.08 Å². The third-order valence-corrected chi connectivity index (χ3v) is 3.90. The minimum atomic E-state index is -2.51. The largest absolute Gasteiger partial charge is 0.264 e. The Morgan fingerprint density at radius 1 is 1.41 bits per heavy atom. The van der Waals surface area contributed by atoms with Crippen molar-refractivity contribution < 1.29 is 13.6 Å². The van der Waals surface area contributed by atoms with Crippen molar-refractivity contribution in [1.82, 2.24) is 0 Å². The van der Waals surface area contributed by atoms with E-state index in [1.165, 1.54) is 6.07 Å². The van der Waals surface area contributed by atoms with E-state index in [1.54, 1.807) is 18.2 Å². The van der Waals surface area contributed by atoms with Gasteiger partial charge in [-0.1, -0.05) is 28.1 Å². The molecule has 0 aromatic heterocycles. The van der Waals surface area contributed by atoms with Crippen molar-refractivity contribution in [3.8, 4) is 0 Å². The Kier molecular flexibility index (Phi) is 3.40. The SMILES string of the molecule is O=C=NC1(c2ccc(C(F)F)c(Br)c2)CCC1. The summed E-state index contributed by atoms with van der Waals surface area (Å²) in [7, 11) is 0. The molecule has 1 saturated carbocycles. The summed E-state index contributed by atoms with van der Waals surface area (Å²) >= 11 is 3.12. The van der Waals surface area contributed by atoms with Crippen molar-refractivity contribution in [3.05, 3.63) is 33.8 Å². The van der Waals surface area contributed by atoms with Gasteiger partial charge in [0, 0.05) is 10.0 Å². The molecule has 0 bridgehead atoms. The predicted molar refractivity (Wildman–Crippen MR) is 62.7 cm³/mol. The highest BCUT2D eigenvalue weighted by atomic mass is 79.9. The van der Waals surface area contributed by atoms with Gasteiger partial charge in [-0.2, -0.15) is 4.99 Å². The van der Waals surface area contributed by atoms with E-state index in [1.807, 2.05) is 0 Å². The first-order valence-corrected chi connectivity index (χ1v) is 6.05. The molecule has 0 aliphatic heterocycles. The smallest absolute Gasteiger partial charge is 0.211 e. The molecule has 1 aromatic rings. The number of benzene rings is 1. The minimum absolute atomic E-state index is 0.0432. The maximum atomic E-state index is 12.6. The Balaban J connectivity index is 2.40. The lowest BCUT2D eigenvalue weighted by Crippen LogP contribution is -2.31. The van der Waals surface area contributed by atoms with Gasteiger partial charge < -0.3 is 0 Å². The number of alkyl halides is 2. The van der Waals surface area contributed by atoms with Gasteiger partial charge in [-0.05, 0) is 30.9 Å². The summed E-state index contributed by atoms with van der Waals surface area (Å²) in [5, 5.41) is 0. The molecule has 1 aliphatic rings. The van der Waals surface area contributed by atoms with E-state index in [9.17, 15) is 13.6 Å². The van der Waals surface area contributed by atoms with E-state index in [2.05, 4.69) is 20.9 Å². The van der Waals surface area contributed by atoms with Gasteiger partial charge >= 0.3 is 0 Å². The quantitative estimate of drug-likeness (QED) is 0.610. The average molecular weight is 302 g/mol. The Morgan fingerprint density at radius 3 is 2.53 bits per heavy atom. The Hall–Kier alpha value is -1.06. The number of isocyanates is 1. The average Bonchev–Trinajstić information content (AvgIpc) is 2.22. The van der Waals surface area contributed by atoms with Crippen LogP contribution in [0.15, 0.2) is 27.7 Å². The topological polar surface area (TPSA) is 29.4 Å². The first-order valence-electron chi connectivity index (χ1n) is 5.26. The second kappa shape index (κ2) is 4.67. The molecule has 5 heteroatoms. The highest BCUT2D eigenvalue weighted by Gasteiger charge is 2.39. The van der Waals surface area contributed by atoms with Crippen molar-refractivity contribution in [1.29, 1.82) is 0 Å². The standard InChI is InChI=1S/C12H10BrF2NO/c13-10-6-8(2-3-9(10)11(14)15)12(16-7-17)4-1-5-12/h2-3,6,11H,1,4-5H2. The van der Waals surface area contributed by atoms with Crippen LogP contribution in [0.2, 0.25) is 0 Å². The molecular weight excluding hydrogens is 292 g/mol. The van der Waals surface area contributed by atoms with Gasteiger partial charge in [-0.3, -0.25) is 0 Å². The molecule has 0 N–H and O–H groups in total. The molecule has 0 unspecified atom stereocenters. The Bertz CT molecular complexity index is 479. The first-order chi connectivity index (χ1) is 8.09. The summed E-state index contributed by atoms with van der Waals surface area (Å²) in [5.41, 5.74) is 0.215. The van der Waals surface area contributed by atoms with Gasteiger partial charge in [-0.15, -0.1) is 0 Å². The number of hydrogen-bond donors (Lipinski definition) is 0. The molecule has 1 aliphatic carbocycles. The molecule has 0 atom stereocenters. The van der Waals surface area contributed by atoms with E-state index >= 15 is 0 Å². The van der Waals surface area contributed by atoms with E-state index in [0.29, 0.717) is 4.47 Å². The van der Waals surface area contributed by atoms with Crippen LogP contribution in [-0.2, 0) is 10.3 Å². The molecule has 17 heavy (non-hydrogen) atoms. The Morgan fingerprint density at radius 2 is 2.12 bits per heavy atom. The van der Waals surface area contributed by atoms with Crippen LogP contribution < -0.4 is 0 Å². The fraction of sp³-hybridized carbons (Fsp3) is 0.417. The molecule has 2 nitrogen and oxygen atoms in total. The van der Waals surface area contributed by atoms with Crippen molar-refractivity contribution in [2.75, 3.05) is 0 Å². The lowest BCUT2D eigenvalue weighted by molar-refractivity contribution is 0.150. The second-order valence-corrected chi connectivity index (χ2v) is 4.98. The van der Waals surface area contributed by atoms with Crippen LogP contribution >= 0.6 is 15.9 Å². The van der Waals surface area contributed by atoms with Crippen LogP contribution in [-0.4, -0.2) is 6.08 Å². The molecule has 0 radical (unpaired) electrons. The number of nitrogens with zero attached hydrogens (tertiary/aromatic N) is 1. The second-order valence-electron chi connectivity index (χ2n) is 4.13. The van der Waals surface area contributed by atoms with Crippen LogP contribution in [0.5, 0.6) is 0 Å². The predicted octanol–water partition coefficient (Wildman–Crippen LogP) is 4.10. The molecule has 0 amide bonds. The van der Waals surface area contributed by atoms with Crippen LogP contribution in [0.3, 0.4) is 0 Å². The van der Waals surface area contributed by atoms with Crippen molar-refractivity contribution in [3.63, 3.8) is 0 Å². The zero-order valence-electron chi connectivity index (χ0n) is 8.92. The van der Waals surface area contributed by atoms with E-state index < -0.39 is 12.0 Å². The third kappa shape index (κ3) is 2.17. The summed E-state index contributed by atoms with van der Waals surface area (Å²) in [6.07, 6.45) is 1.59. The lowest BCUT2D eigenvalue weighted by atomic mass is 9.72. The maximum Gasteiger partial charge on any atom is 0.264 e. The number of hydrogen-bond acceptors (Lipinski definition) is 2. The highest BCUT2D eigenvalue weighted by molar-refractivity contribution is 9.10. The van der Waals surface area contributed by atoms with Gasteiger partial charge in [0.1, 0.15) is 0 Å². The normalized spacial score (nSPS) is 17.4. The monoisotopic (exact) mass is 301 g/mol. The summed E-state index contributed by atoms with van der Waals surface area (Å²) < 4.78 is 25.5. The summed E-state index contributed by atoms with van der Waals surface area (Å²) in [4.78, 5) is 14.3. The van der Waals surface area contributed by atoms with Crippen molar-refractivity contribution >= 4 is 22.0 Å². The fourth-order valence-electron chi connectivity index (χ4n) is 2.06. The number of aliphatic imine (C=N–C) groups is 1. The van der Waals surface area contributed by atoms with Gasteiger partial charge in [0.05, 0.1) is 5.54 Å². The first kappa shape index (κ1) is 12.4. The van der Waals surface area contributed by atoms with Crippen molar-refractivity contribution in [2.24, 2.45) is 4.99 Å². The zero-order valence-corrected chi connectivity index (χ0v) is 10.5. The summed E-state index contributed by atoms with van der Waals surface area (Å²) in [5.74, 6) is 0. The maximum absolute atomic E-state index is 12.6. The Labute approximate surface area is 106 Å². The number of halogens is 3. The van der Waals surface area contributed by atoms with Crippen LogP contribution in [0.1, 0.15) is 36.8 Å². The molecule has 0 spiro atoms. The number of carbonyl (C=O) groups excluding carboxylic acids is 1. The van der Waals surface area contributed by atoms with Gasteiger partial charge in [-0.25, -0.2) is 13.6 Å². The van der Waals surface area contributed by atoms with Gasteiger partial charge in [0.15, 0.2) is 0 Å². The van der Waals surface area contributed by atoms with E-state index in [-0.39, 0.29) is 5.56 Å². The molecule has 90 valence electrons. The van der Waals surface area contributed by atoms with Crippen LogP contribution in [0.4, 0.5) is 8.78 Å². The molecule has 1 fully saturated rings. The minimum Gasteiger partial charge on any atom is -0.211 e.